The summed E-state index contributed by atoms with van der Waals surface area (Å²) in [5, 5.41) is 0. The lowest BCUT2D eigenvalue weighted by atomic mass is 10.1. The fourth-order valence-electron chi connectivity index (χ4n) is 2.26. The molecule has 7 heteroatoms. The van der Waals surface area contributed by atoms with Crippen LogP contribution in [0.5, 0.6) is 0 Å². The number of carbonyl (C=O) groups is 1. The zero-order valence-electron chi connectivity index (χ0n) is 12.1. The lowest BCUT2D eigenvalue weighted by Crippen LogP contribution is -2.26. The summed E-state index contributed by atoms with van der Waals surface area (Å²) in [6, 6.07) is 4.89. The van der Waals surface area contributed by atoms with Crippen molar-refractivity contribution in [1.29, 1.82) is 0 Å². The first-order chi connectivity index (χ1) is 9.91. The van der Waals surface area contributed by atoms with Crippen LogP contribution in [0.1, 0.15) is 28.8 Å². The summed E-state index contributed by atoms with van der Waals surface area (Å²) in [7, 11) is -2.32. The Morgan fingerprint density at radius 3 is 2.86 bits per heavy atom. The fourth-order valence-corrected chi connectivity index (χ4v) is 3.60. The molecule has 1 heterocycles. The van der Waals surface area contributed by atoms with E-state index in [9.17, 15) is 13.2 Å². The topological polar surface area (TPSA) is 81.7 Å². The summed E-state index contributed by atoms with van der Waals surface area (Å²) >= 11 is 0. The molecule has 116 valence electrons. The highest BCUT2D eigenvalue weighted by Crippen LogP contribution is 2.21. The molecule has 1 unspecified atom stereocenters. The molecule has 0 bridgehead atoms. The van der Waals surface area contributed by atoms with Gasteiger partial charge in [-0.15, -0.1) is 0 Å². The third-order valence-corrected chi connectivity index (χ3v) is 4.62. The molecule has 6 nitrogen and oxygen atoms in total. The number of benzene rings is 1. The Kier molecular flexibility index (Phi) is 4.84. The number of esters is 1. The normalized spacial score (nSPS) is 18.5. The molecule has 0 aromatic heterocycles. The van der Waals surface area contributed by atoms with Gasteiger partial charge in [-0.2, -0.15) is 0 Å². The highest BCUT2D eigenvalue weighted by molar-refractivity contribution is 7.92. The van der Waals surface area contributed by atoms with Gasteiger partial charge in [0.25, 0.3) is 0 Å². The van der Waals surface area contributed by atoms with E-state index in [1.165, 1.54) is 7.11 Å². The van der Waals surface area contributed by atoms with Gasteiger partial charge in [-0.3, -0.25) is 4.72 Å². The SMILES string of the molecule is COC(=O)c1cc(C)ccc1NS(=O)(=O)CC1CCCO1. The molecule has 0 spiro atoms. The maximum atomic E-state index is 12.2. The Bertz CT molecular complexity index is 620. The van der Waals surface area contributed by atoms with Gasteiger partial charge in [-0.05, 0) is 31.9 Å². The van der Waals surface area contributed by atoms with Gasteiger partial charge in [0.15, 0.2) is 0 Å². The first-order valence-corrected chi connectivity index (χ1v) is 8.37. The van der Waals surface area contributed by atoms with Crippen molar-refractivity contribution in [1.82, 2.24) is 0 Å². The van der Waals surface area contributed by atoms with Gasteiger partial charge in [0.2, 0.25) is 10.0 Å². The first kappa shape index (κ1) is 15.8. The molecule has 1 saturated heterocycles. The van der Waals surface area contributed by atoms with Crippen LogP contribution in [0.25, 0.3) is 0 Å². The molecule has 0 amide bonds. The van der Waals surface area contributed by atoms with E-state index < -0.39 is 16.0 Å². The molecular formula is C14H19NO5S. The second-order valence-electron chi connectivity index (χ2n) is 5.06. The van der Waals surface area contributed by atoms with Gasteiger partial charge in [-0.1, -0.05) is 11.6 Å². The van der Waals surface area contributed by atoms with Gasteiger partial charge in [0, 0.05) is 6.61 Å². The van der Waals surface area contributed by atoms with Crippen molar-refractivity contribution in [2.75, 3.05) is 24.2 Å². The number of anilines is 1. The minimum Gasteiger partial charge on any atom is -0.465 e. The number of nitrogens with one attached hydrogen (secondary N) is 1. The average molecular weight is 313 g/mol. The van der Waals surface area contributed by atoms with Gasteiger partial charge in [0.05, 0.1) is 30.2 Å². The van der Waals surface area contributed by atoms with Crippen molar-refractivity contribution < 1.29 is 22.7 Å². The van der Waals surface area contributed by atoms with E-state index in [0.717, 1.165) is 18.4 Å². The van der Waals surface area contributed by atoms with Crippen LogP contribution in [-0.4, -0.2) is 40.0 Å². The van der Waals surface area contributed by atoms with E-state index in [1.54, 1.807) is 18.2 Å². The third-order valence-electron chi connectivity index (χ3n) is 3.28. The average Bonchev–Trinajstić information content (AvgIpc) is 2.91. The van der Waals surface area contributed by atoms with Crippen molar-refractivity contribution in [3.63, 3.8) is 0 Å². The number of sulfonamides is 1. The van der Waals surface area contributed by atoms with Crippen LogP contribution in [0.2, 0.25) is 0 Å². The Morgan fingerprint density at radius 1 is 1.48 bits per heavy atom. The lowest BCUT2D eigenvalue weighted by molar-refractivity contribution is 0.0602. The van der Waals surface area contributed by atoms with Crippen LogP contribution in [0.3, 0.4) is 0 Å². The predicted octanol–water partition coefficient (Wildman–Crippen LogP) is 1.70. The van der Waals surface area contributed by atoms with Gasteiger partial charge in [0.1, 0.15) is 0 Å². The smallest absolute Gasteiger partial charge is 0.340 e. The van der Waals surface area contributed by atoms with E-state index in [2.05, 4.69) is 9.46 Å². The zero-order chi connectivity index (χ0) is 15.5. The third kappa shape index (κ3) is 4.18. The van der Waals surface area contributed by atoms with Crippen molar-refractivity contribution in [2.45, 2.75) is 25.9 Å². The summed E-state index contributed by atoms with van der Waals surface area (Å²) < 4.78 is 36.8. The molecule has 0 radical (unpaired) electrons. The highest BCUT2D eigenvalue weighted by atomic mass is 32.2. The summed E-state index contributed by atoms with van der Waals surface area (Å²) in [4.78, 5) is 11.7. The van der Waals surface area contributed by atoms with E-state index in [4.69, 9.17) is 4.74 Å². The minimum absolute atomic E-state index is 0.110. The number of hydrogen-bond acceptors (Lipinski definition) is 5. The number of aryl methyl sites for hydroxylation is 1. The zero-order valence-corrected chi connectivity index (χ0v) is 12.9. The standard InChI is InChI=1S/C14H19NO5S/c1-10-5-6-13(12(8-10)14(16)19-2)15-21(17,18)9-11-4-3-7-20-11/h5-6,8,11,15H,3-4,7,9H2,1-2H3. The van der Waals surface area contributed by atoms with Crippen LogP contribution in [0, 0.1) is 6.92 Å². The summed E-state index contributed by atoms with van der Waals surface area (Å²) in [5.74, 6) is -0.685. The van der Waals surface area contributed by atoms with Crippen LogP contribution < -0.4 is 4.72 Å². The number of rotatable bonds is 5. The van der Waals surface area contributed by atoms with Crippen molar-refractivity contribution >= 4 is 21.7 Å². The summed E-state index contributed by atoms with van der Waals surface area (Å²) in [6.07, 6.45) is 1.33. The molecule has 1 fully saturated rings. The predicted molar refractivity (Wildman–Crippen MR) is 78.9 cm³/mol. The summed E-state index contributed by atoms with van der Waals surface area (Å²) in [5.41, 5.74) is 1.27. The Hall–Kier alpha value is -1.60. The van der Waals surface area contributed by atoms with Crippen molar-refractivity contribution in [2.24, 2.45) is 0 Å². The molecule has 1 N–H and O–H groups in total. The molecule has 1 aliphatic rings. The molecule has 1 aromatic carbocycles. The molecule has 0 saturated carbocycles. The van der Waals surface area contributed by atoms with Gasteiger partial charge < -0.3 is 9.47 Å². The maximum Gasteiger partial charge on any atom is 0.340 e. The Balaban J connectivity index is 2.19. The lowest BCUT2D eigenvalue weighted by Gasteiger charge is -2.14. The van der Waals surface area contributed by atoms with Crippen LogP contribution in [-0.2, 0) is 19.5 Å². The van der Waals surface area contributed by atoms with Gasteiger partial charge >= 0.3 is 5.97 Å². The quantitative estimate of drug-likeness (QED) is 0.837. The van der Waals surface area contributed by atoms with E-state index >= 15 is 0 Å². The number of ether oxygens (including phenoxy) is 2. The van der Waals surface area contributed by atoms with Crippen LogP contribution in [0.15, 0.2) is 18.2 Å². The second kappa shape index (κ2) is 6.44. The van der Waals surface area contributed by atoms with E-state index in [-0.39, 0.29) is 23.1 Å². The Morgan fingerprint density at radius 2 is 2.24 bits per heavy atom. The molecule has 0 aliphatic carbocycles. The molecule has 21 heavy (non-hydrogen) atoms. The monoisotopic (exact) mass is 313 g/mol. The van der Waals surface area contributed by atoms with Crippen LogP contribution >= 0.6 is 0 Å². The van der Waals surface area contributed by atoms with Crippen molar-refractivity contribution in [3.8, 4) is 0 Å². The van der Waals surface area contributed by atoms with E-state index in [1.807, 2.05) is 6.92 Å². The van der Waals surface area contributed by atoms with Gasteiger partial charge in [-0.25, -0.2) is 13.2 Å². The highest BCUT2D eigenvalue weighted by Gasteiger charge is 2.24. The fraction of sp³-hybridized carbons (Fsp3) is 0.500. The van der Waals surface area contributed by atoms with Crippen molar-refractivity contribution in [3.05, 3.63) is 29.3 Å². The number of hydrogen-bond donors (Lipinski definition) is 1. The minimum atomic E-state index is -3.58. The Labute approximate surface area is 124 Å². The number of methoxy groups -OCH3 is 1. The maximum absolute atomic E-state index is 12.2. The van der Waals surface area contributed by atoms with E-state index in [0.29, 0.717) is 6.61 Å². The molecule has 1 aromatic rings. The molecule has 1 aliphatic heterocycles. The van der Waals surface area contributed by atoms with Crippen LogP contribution in [0.4, 0.5) is 5.69 Å². The molecule has 1 atom stereocenters. The largest absolute Gasteiger partial charge is 0.465 e. The summed E-state index contributed by atoms with van der Waals surface area (Å²) in [6.45, 7) is 2.41. The molecule has 2 rings (SSSR count). The second-order valence-corrected chi connectivity index (χ2v) is 6.83. The number of carbonyl (C=O) groups excluding carboxylic acids is 1. The molecular weight excluding hydrogens is 294 g/mol. The first-order valence-electron chi connectivity index (χ1n) is 6.72.